The molecule has 0 saturated heterocycles. The largest absolute Gasteiger partial charge is 0.313 e. The van der Waals surface area contributed by atoms with Crippen molar-refractivity contribution in [1.82, 2.24) is 5.32 Å². The number of hydrogen-bond acceptors (Lipinski definition) is 1. The summed E-state index contributed by atoms with van der Waals surface area (Å²) in [6, 6.07) is 5.93. The van der Waals surface area contributed by atoms with E-state index in [2.05, 4.69) is 5.32 Å². The predicted octanol–water partition coefficient (Wildman–Crippen LogP) is 4.22. The highest BCUT2D eigenvalue weighted by Crippen LogP contribution is 2.50. The summed E-state index contributed by atoms with van der Waals surface area (Å²) in [5, 5.41) is 3.43. The molecular weight excluding hydrogens is 237 g/mol. The van der Waals surface area contributed by atoms with Crippen molar-refractivity contribution in [2.75, 3.05) is 7.05 Å². The van der Waals surface area contributed by atoms with Gasteiger partial charge in [0.1, 0.15) is 5.82 Å². The molecule has 4 unspecified atom stereocenters. The summed E-state index contributed by atoms with van der Waals surface area (Å²) in [6.45, 7) is 1.85. The summed E-state index contributed by atoms with van der Waals surface area (Å²) in [6.07, 6.45) is 6.99. The lowest BCUT2D eigenvalue weighted by Crippen LogP contribution is -2.22. The van der Waals surface area contributed by atoms with Crippen LogP contribution in [0.3, 0.4) is 0 Å². The minimum absolute atomic E-state index is 0.0986. The molecule has 0 aliphatic heterocycles. The van der Waals surface area contributed by atoms with Crippen molar-refractivity contribution in [3.63, 3.8) is 0 Å². The first-order chi connectivity index (χ1) is 9.17. The molecule has 104 valence electrons. The van der Waals surface area contributed by atoms with Gasteiger partial charge in [-0.1, -0.05) is 18.6 Å². The summed E-state index contributed by atoms with van der Waals surface area (Å²) in [5.41, 5.74) is 2.00. The first kappa shape index (κ1) is 13.1. The Morgan fingerprint density at radius 2 is 2.16 bits per heavy atom. The summed E-state index contributed by atoms with van der Waals surface area (Å²) in [7, 11) is 2.02. The molecular formula is C17H24FN. The maximum absolute atomic E-state index is 13.4. The average molecular weight is 261 g/mol. The van der Waals surface area contributed by atoms with Crippen LogP contribution in [-0.2, 0) is 0 Å². The molecule has 0 spiro atoms. The van der Waals surface area contributed by atoms with Gasteiger partial charge in [-0.25, -0.2) is 4.39 Å². The second-order valence-corrected chi connectivity index (χ2v) is 6.52. The Morgan fingerprint density at radius 1 is 1.32 bits per heavy atom. The molecule has 0 radical (unpaired) electrons. The summed E-state index contributed by atoms with van der Waals surface area (Å²) >= 11 is 0. The molecule has 2 fully saturated rings. The van der Waals surface area contributed by atoms with Gasteiger partial charge in [-0.3, -0.25) is 0 Å². The Balaban J connectivity index is 1.71. The van der Waals surface area contributed by atoms with Gasteiger partial charge in [0, 0.05) is 6.04 Å². The third-order valence-electron chi connectivity index (χ3n) is 5.36. The van der Waals surface area contributed by atoms with Crippen LogP contribution in [0.25, 0.3) is 0 Å². The number of halogens is 1. The second-order valence-electron chi connectivity index (χ2n) is 6.52. The number of benzene rings is 1. The van der Waals surface area contributed by atoms with Gasteiger partial charge in [-0.15, -0.1) is 0 Å². The Kier molecular flexibility index (Phi) is 3.62. The van der Waals surface area contributed by atoms with Crippen molar-refractivity contribution in [2.24, 2.45) is 17.8 Å². The van der Waals surface area contributed by atoms with Crippen LogP contribution < -0.4 is 5.32 Å². The Bertz CT molecular complexity index is 457. The van der Waals surface area contributed by atoms with Gasteiger partial charge >= 0.3 is 0 Å². The van der Waals surface area contributed by atoms with Crippen LogP contribution >= 0.6 is 0 Å². The summed E-state index contributed by atoms with van der Waals surface area (Å²) < 4.78 is 13.4. The Hall–Kier alpha value is -0.890. The number of aryl methyl sites for hydroxylation is 1. The maximum atomic E-state index is 13.4. The molecule has 4 atom stereocenters. The highest BCUT2D eigenvalue weighted by atomic mass is 19.1. The van der Waals surface area contributed by atoms with Gasteiger partial charge in [0.2, 0.25) is 0 Å². The Labute approximate surface area is 115 Å². The van der Waals surface area contributed by atoms with Gasteiger partial charge in [0.05, 0.1) is 0 Å². The molecule has 0 aromatic heterocycles. The van der Waals surface area contributed by atoms with Crippen LogP contribution in [-0.4, -0.2) is 7.05 Å². The first-order valence-electron chi connectivity index (χ1n) is 7.60. The lowest BCUT2D eigenvalue weighted by Gasteiger charge is -2.27. The lowest BCUT2D eigenvalue weighted by atomic mass is 9.82. The maximum Gasteiger partial charge on any atom is 0.126 e. The molecule has 2 aliphatic carbocycles. The van der Waals surface area contributed by atoms with E-state index in [4.69, 9.17) is 0 Å². The SMILES string of the molecule is CNC(CC1CC2CCC1C2)c1ccc(F)c(C)c1. The minimum atomic E-state index is -0.0986. The molecule has 1 aromatic rings. The van der Waals surface area contributed by atoms with Crippen LogP contribution in [0.15, 0.2) is 18.2 Å². The van der Waals surface area contributed by atoms with E-state index >= 15 is 0 Å². The molecule has 0 heterocycles. The van der Waals surface area contributed by atoms with Gasteiger partial charge < -0.3 is 5.32 Å². The molecule has 0 amide bonds. The van der Waals surface area contributed by atoms with E-state index in [1.165, 1.54) is 37.7 Å². The van der Waals surface area contributed by atoms with Crippen molar-refractivity contribution in [3.05, 3.63) is 35.1 Å². The van der Waals surface area contributed by atoms with E-state index in [0.29, 0.717) is 6.04 Å². The van der Waals surface area contributed by atoms with Crippen LogP contribution in [0.2, 0.25) is 0 Å². The molecule has 2 heteroatoms. The van der Waals surface area contributed by atoms with Crippen molar-refractivity contribution < 1.29 is 4.39 Å². The van der Waals surface area contributed by atoms with Gasteiger partial charge in [0.25, 0.3) is 0 Å². The van der Waals surface area contributed by atoms with E-state index in [1.54, 1.807) is 6.07 Å². The quantitative estimate of drug-likeness (QED) is 0.855. The van der Waals surface area contributed by atoms with Crippen molar-refractivity contribution in [3.8, 4) is 0 Å². The lowest BCUT2D eigenvalue weighted by molar-refractivity contribution is 0.284. The molecule has 2 aliphatic rings. The van der Waals surface area contributed by atoms with E-state index in [-0.39, 0.29) is 5.82 Å². The number of nitrogens with one attached hydrogen (secondary N) is 1. The normalized spacial score (nSPS) is 30.8. The molecule has 19 heavy (non-hydrogen) atoms. The zero-order valence-electron chi connectivity index (χ0n) is 12.0. The predicted molar refractivity (Wildman–Crippen MR) is 76.5 cm³/mol. The second kappa shape index (κ2) is 5.24. The van der Waals surface area contributed by atoms with E-state index in [9.17, 15) is 4.39 Å². The Morgan fingerprint density at radius 3 is 2.74 bits per heavy atom. The zero-order chi connectivity index (χ0) is 13.4. The smallest absolute Gasteiger partial charge is 0.126 e. The van der Waals surface area contributed by atoms with Gasteiger partial charge in [-0.05, 0) is 74.6 Å². The highest BCUT2D eigenvalue weighted by Gasteiger charge is 2.40. The van der Waals surface area contributed by atoms with Crippen molar-refractivity contribution in [1.29, 1.82) is 0 Å². The highest BCUT2D eigenvalue weighted by molar-refractivity contribution is 5.26. The fraction of sp³-hybridized carbons (Fsp3) is 0.647. The van der Waals surface area contributed by atoms with Crippen LogP contribution in [0.1, 0.15) is 49.3 Å². The number of rotatable bonds is 4. The van der Waals surface area contributed by atoms with E-state index in [1.807, 2.05) is 26.1 Å². The van der Waals surface area contributed by atoms with Crippen LogP contribution in [0.5, 0.6) is 0 Å². The number of hydrogen-bond donors (Lipinski definition) is 1. The zero-order valence-corrected chi connectivity index (χ0v) is 12.0. The fourth-order valence-electron chi connectivity index (χ4n) is 4.27. The molecule has 2 saturated carbocycles. The third kappa shape index (κ3) is 2.55. The average Bonchev–Trinajstić information content (AvgIpc) is 3.01. The molecule has 2 bridgehead atoms. The molecule has 1 aromatic carbocycles. The topological polar surface area (TPSA) is 12.0 Å². The van der Waals surface area contributed by atoms with Gasteiger partial charge in [0.15, 0.2) is 0 Å². The van der Waals surface area contributed by atoms with Gasteiger partial charge in [-0.2, -0.15) is 0 Å². The number of fused-ring (bicyclic) bond motifs is 2. The van der Waals surface area contributed by atoms with Crippen molar-refractivity contribution in [2.45, 2.75) is 45.1 Å². The fourth-order valence-corrected chi connectivity index (χ4v) is 4.27. The van der Waals surface area contributed by atoms with Crippen LogP contribution in [0, 0.1) is 30.5 Å². The van der Waals surface area contributed by atoms with E-state index < -0.39 is 0 Å². The van der Waals surface area contributed by atoms with Crippen molar-refractivity contribution >= 4 is 0 Å². The summed E-state index contributed by atoms with van der Waals surface area (Å²) in [4.78, 5) is 0. The minimum Gasteiger partial charge on any atom is -0.313 e. The van der Waals surface area contributed by atoms with Crippen LogP contribution in [0.4, 0.5) is 4.39 Å². The monoisotopic (exact) mass is 261 g/mol. The molecule has 1 nitrogen and oxygen atoms in total. The summed E-state index contributed by atoms with van der Waals surface area (Å²) in [5.74, 6) is 2.74. The molecule has 1 N–H and O–H groups in total. The van der Waals surface area contributed by atoms with E-state index in [0.717, 1.165) is 23.3 Å². The standard InChI is InChI=1S/C17H24FN/c1-11-7-14(5-6-16(11)18)17(19-2)10-15-9-12-3-4-13(15)8-12/h5-7,12-13,15,17,19H,3-4,8-10H2,1-2H3. The molecule has 3 rings (SSSR count). The first-order valence-corrected chi connectivity index (χ1v) is 7.60. The third-order valence-corrected chi connectivity index (χ3v) is 5.36.